The molecule has 9 nitrogen and oxygen atoms in total. The van der Waals surface area contributed by atoms with Crippen molar-refractivity contribution in [3.63, 3.8) is 0 Å². The third-order valence-electron chi connectivity index (χ3n) is 4.59. The van der Waals surface area contributed by atoms with E-state index in [0.717, 1.165) is 0 Å². The number of rotatable bonds is 6. The number of amides is 1. The normalized spacial score (nSPS) is 10.1. The van der Waals surface area contributed by atoms with Crippen LogP contribution in [0.4, 0.5) is 11.4 Å². The number of carbonyl (C=O) groups is 2. The summed E-state index contributed by atoms with van der Waals surface area (Å²) in [5, 5.41) is 12.1. The Kier molecular flexibility index (Phi) is 6.12. The molecule has 3 rings (SSSR count). The van der Waals surface area contributed by atoms with Gasteiger partial charge in [-0.3, -0.25) is 4.79 Å². The zero-order valence-corrected chi connectivity index (χ0v) is 17.1. The van der Waals surface area contributed by atoms with Crippen molar-refractivity contribution < 1.29 is 23.8 Å². The Hall–Kier alpha value is -4.45. The lowest BCUT2D eigenvalue weighted by Crippen LogP contribution is -2.17. The number of nitrogens with one attached hydrogen (secondary N) is 1. The van der Waals surface area contributed by atoms with Crippen LogP contribution in [-0.2, 0) is 4.74 Å². The van der Waals surface area contributed by atoms with Crippen LogP contribution in [0.2, 0.25) is 0 Å². The summed E-state index contributed by atoms with van der Waals surface area (Å²) in [6, 6.07) is 13.5. The monoisotopic (exact) mass is 420 g/mol. The number of methoxy groups -OCH3 is 3. The molecular formula is C22H20N4O5. The Morgan fingerprint density at radius 1 is 1.06 bits per heavy atom. The highest BCUT2D eigenvalue weighted by atomic mass is 16.5. The molecule has 0 aliphatic rings. The Morgan fingerprint density at radius 3 is 2.42 bits per heavy atom. The van der Waals surface area contributed by atoms with E-state index in [0.29, 0.717) is 22.9 Å². The molecule has 0 atom stereocenters. The van der Waals surface area contributed by atoms with Crippen molar-refractivity contribution >= 4 is 23.3 Å². The number of aromatic nitrogens is 1. The maximum atomic E-state index is 13.1. The second-order valence-electron chi connectivity index (χ2n) is 6.32. The fourth-order valence-electron chi connectivity index (χ4n) is 3.09. The Balaban J connectivity index is 2.05. The van der Waals surface area contributed by atoms with Crippen LogP contribution >= 0.6 is 0 Å². The number of anilines is 2. The van der Waals surface area contributed by atoms with Gasteiger partial charge in [-0.1, -0.05) is 12.1 Å². The molecule has 0 saturated heterocycles. The van der Waals surface area contributed by atoms with E-state index in [-0.39, 0.29) is 22.5 Å². The molecule has 2 aromatic carbocycles. The van der Waals surface area contributed by atoms with Gasteiger partial charge in [0.25, 0.3) is 5.91 Å². The van der Waals surface area contributed by atoms with Crippen molar-refractivity contribution in [2.24, 2.45) is 0 Å². The van der Waals surface area contributed by atoms with Gasteiger partial charge in [0, 0.05) is 18.0 Å². The van der Waals surface area contributed by atoms with E-state index in [1.807, 2.05) is 6.07 Å². The topological polar surface area (TPSA) is 129 Å². The number of nitrogen functional groups attached to an aromatic ring is 1. The SMILES string of the molecule is COC(=O)c1c(N)c(C#N)cn1-c1ccccc1C(=O)Nc1ccc(OC)c(OC)c1. The number of benzene rings is 2. The second kappa shape index (κ2) is 8.92. The van der Waals surface area contributed by atoms with Gasteiger partial charge in [-0.25, -0.2) is 4.79 Å². The Bertz CT molecular complexity index is 1190. The standard InChI is InChI=1S/C22H20N4O5/c1-29-17-9-8-14(10-18(17)30-2)25-21(27)15-6-4-5-7-16(15)26-12-13(11-23)19(24)20(26)22(28)31-3/h4-10,12H,24H2,1-3H3,(H,25,27). The molecule has 0 aliphatic heterocycles. The van der Waals surface area contributed by atoms with Gasteiger partial charge in [0.05, 0.1) is 43.8 Å². The number of nitrogens with zero attached hydrogens (tertiary/aromatic N) is 2. The van der Waals surface area contributed by atoms with Gasteiger partial charge >= 0.3 is 5.97 Å². The first-order valence-electron chi connectivity index (χ1n) is 9.07. The van der Waals surface area contributed by atoms with E-state index in [2.05, 4.69) is 5.32 Å². The number of hydrogen-bond acceptors (Lipinski definition) is 7. The summed E-state index contributed by atoms with van der Waals surface area (Å²) in [7, 11) is 4.22. The third kappa shape index (κ3) is 4.00. The number of nitriles is 1. The fraction of sp³-hybridized carbons (Fsp3) is 0.136. The van der Waals surface area contributed by atoms with Gasteiger partial charge in [0.2, 0.25) is 0 Å². The van der Waals surface area contributed by atoms with Crippen molar-refractivity contribution in [1.29, 1.82) is 5.26 Å². The van der Waals surface area contributed by atoms with Crippen LogP contribution in [-0.4, -0.2) is 37.8 Å². The average molecular weight is 420 g/mol. The maximum Gasteiger partial charge on any atom is 0.357 e. The molecule has 9 heteroatoms. The van der Waals surface area contributed by atoms with Crippen LogP contribution in [0.3, 0.4) is 0 Å². The van der Waals surface area contributed by atoms with Gasteiger partial charge in [0.1, 0.15) is 6.07 Å². The van der Waals surface area contributed by atoms with Crippen LogP contribution in [0.1, 0.15) is 26.4 Å². The molecule has 0 spiro atoms. The zero-order chi connectivity index (χ0) is 22.5. The molecule has 1 heterocycles. The van der Waals surface area contributed by atoms with E-state index >= 15 is 0 Å². The molecule has 0 fully saturated rings. The summed E-state index contributed by atoms with van der Waals surface area (Å²) in [6.45, 7) is 0. The van der Waals surface area contributed by atoms with E-state index in [1.54, 1.807) is 42.5 Å². The van der Waals surface area contributed by atoms with Gasteiger partial charge in [0.15, 0.2) is 17.2 Å². The number of carbonyl (C=O) groups excluding carboxylic acids is 2. The average Bonchev–Trinajstić information content (AvgIpc) is 3.14. The van der Waals surface area contributed by atoms with Crippen LogP contribution < -0.4 is 20.5 Å². The second-order valence-corrected chi connectivity index (χ2v) is 6.32. The minimum atomic E-state index is -0.728. The molecule has 0 bridgehead atoms. The van der Waals surface area contributed by atoms with Crippen LogP contribution in [0.5, 0.6) is 11.5 Å². The summed E-state index contributed by atoms with van der Waals surface area (Å²) in [5.41, 5.74) is 7.09. The van der Waals surface area contributed by atoms with Gasteiger partial charge < -0.3 is 29.8 Å². The summed E-state index contributed by atoms with van der Waals surface area (Å²) in [6.07, 6.45) is 1.39. The molecule has 0 aliphatic carbocycles. The van der Waals surface area contributed by atoms with Gasteiger partial charge in [-0.2, -0.15) is 5.26 Å². The molecule has 31 heavy (non-hydrogen) atoms. The lowest BCUT2D eigenvalue weighted by molar-refractivity contribution is 0.0592. The lowest BCUT2D eigenvalue weighted by atomic mass is 10.1. The summed E-state index contributed by atoms with van der Waals surface area (Å²) in [4.78, 5) is 25.4. The minimum absolute atomic E-state index is 0.0237. The first kappa shape index (κ1) is 21.3. The first-order valence-corrected chi connectivity index (χ1v) is 9.07. The largest absolute Gasteiger partial charge is 0.493 e. The third-order valence-corrected chi connectivity index (χ3v) is 4.59. The van der Waals surface area contributed by atoms with Crippen LogP contribution in [0.25, 0.3) is 5.69 Å². The van der Waals surface area contributed by atoms with E-state index < -0.39 is 11.9 Å². The molecule has 0 saturated carbocycles. The van der Waals surface area contributed by atoms with Crippen molar-refractivity contribution in [3.8, 4) is 23.3 Å². The summed E-state index contributed by atoms with van der Waals surface area (Å²) < 4.78 is 16.7. The van der Waals surface area contributed by atoms with Crippen LogP contribution in [0, 0.1) is 11.3 Å². The van der Waals surface area contributed by atoms with Crippen LogP contribution in [0.15, 0.2) is 48.7 Å². The molecule has 0 unspecified atom stereocenters. The molecule has 0 radical (unpaired) electrons. The number of ether oxygens (including phenoxy) is 3. The smallest absolute Gasteiger partial charge is 0.357 e. The highest BCUT2D eigenvalue weighted by Gasteiger charge is 2.24. The predicted octanol–water partition coefficient (Wildman–Crippen LogP) is 2.99. The number of hydrogen-bond donors (Lipinski definition) is 2. The summed E-state index contributed by atoms with van der Waals surface area (Å²) >= 11 is 0. The van der Waals surface area contributed by atoms with Gasteiger partial charge in [-0.05, 0) is 24.3 Å². The number of esters is 1. The molecule has 1 amide bonds. The van der Waals surface area contributed by atoms with E-state index in [9.17, 15) is 14.9 Å². The van der Waals surface area contributed by atoms with Gasteiger partial charge in [-0.15, -0.1) is 0 Å². The maximum absolute atomic E-state index is 13.1. The highest BCUT2D eigenvalue weighted by molar-refractivity contribution is 6.07. The van der Waals surface area contributed by atoms with Crippen molar-refractivity contribution in [2.45, 2.75) is 0 Å². The molecule has 3 N–H and O–H groups in total. The van der Waals surface area contributed by atoms with E-state index in [4.69, 9.17) is 19.9 Å². The fourth-order valence-corrected chi connectivity index (χ4v) is 3.09. The quantitative estimate of drug-likeness (QED) is 0.587. The molecule has 3 aromatic rings. The van der Waals surface area contributed by atoms with E-state index in [1.165, 1.54) is 32.1 Å². The lowest BCUT2D eigenvalue weighted by Gasteiger charge is -2.14. The minimum Gasteiger partial charge on any atom is -0.493 e. The predicted molar refractivity (Wildman–Crippen MR) is 114 cm³/mol. The highest BCUT2D eigenvalue weighted by Crippen LogP contribution is 2.31. The molecule has 158 valence electrons. The number of para-hydroxylation sites is 1. The summed E-state index contributed by atoms with van der Waals surface area (Å²) in [5.74, 6) is -0.188. The Labute approximate surface area is 178 Å². The van der Waals surface area contributed by atoms with Crippen molar-refractivity contribution in [2.75, 3.05) is 32.4 Å². The van der Waals surface area contributed by atoms with Crippen molar-refractivity contribution in [1.82, 2.24) is 4.57 Å². The number of nitrogens with two attached hydrogens (primary N) is 1. The van der Waals surface area contributed by atoms with Crippen molar-refractivity contribution in [3.05, 3.63) is 65.5 Å². The molecule has 1 aromatic heterocycles. The molecular weight excluding hydrogens is 400 g/mol. The first-order chi connectivity index (χ1) is 14.9. The Morgan fingerprint density at radius 2 is 1.77 bits per heavy atom. The zero-order valence-electron chi connectivity index (χ0n) is 17.1.